The van der Waals surface area contributed by atoms with Gasteiger partial charge in [0.05, 0.1) is 4.90 Å². The molecule has 0 aliphatic carbocycles. The molecule has 0 spiro atoms. The molecule has 2 aromatic rings. The van der Waals surface area contributed by atoms with Crippen molar-refractivity contribution >= 4 is 21.4 Å². The molecule has 0 saturated heterocycles. The maximum absolute atomic E-state index is 12.1. The lowest BCUT2D eigenvalue weighted by atomic mass is 10.2. The van der Waals surface area contributed by atoms with Crippen LogP contribution < -0.4 is 5.32 Å². The number of anilines is 1. The van der Waals surface area contributed by atoms with Gasteiger partial charge >= 0.3 is 0 Å². The molecule has 106 valence electrons. The topological polar surface area (TPSA) is 63.2 Å². The number of hydrogen-bond donors (Lipinski definition) is 1. The highest BCUT2D eigenvalue weighted by Crippen LogP contribution is 2.14. The SMILES string of the molecule is C#Cc1cccc(NC(=O)c2ccc(S(C)(=O)=O)cc2)c1. The van der Waals surface area contributed by atoms with Crippen molar-refractivity contribution in [2.45, 2.75) is 4.90 Å². The molecular formula is C16H13NO3S. The van der Waals surface area contributed by atoms with Crippen LogP contribution in [-0.4, -0.2) is 20.6 Å². The summed E-state index contributed by atoms with van der Waals surface area (Å²) in [6.45, 7) is 0. The highest BCUT2D eigenvalue weighted by molar-refractivity contribution is 7.90. The standard InChI is InChI=1S/C16H13NO3S/c1-3-12-5-4-6-14(11-12)17-16(18)13-7-9-15(10-8-13)21(2,19)20/h1,4-11H,2H3,(H,17,18). The fraction of sp³-hybridized carbons (Fsp3) is 0.0625. The van der Waals surface area contributed by atoms with Gasteiger partial charge in [-0.1, -0.05) is 12.0 Å². The Labute approximate surface area is 123 Å². The molecule has 0 unspecified atom stereocenters. The van der Waals surface area contributed by atoms with Crippen LogP contribution >= 0.6 is 0 Å². The number of carbonyl (C=O) groups is 1. The molecule has 21 heavy (non-hydrogen) atoms. The van der Waals surface area contributed by atoms with E-state index in [1.54, 1.807) is 24.3 Å². The highest BCUT2D eigenvalue weighted by atomic mass is 32.2. The van der Waals surface area contributed by atoms with Crippen LogP contribution in [0.5, 0.6) is 0 Å². The van der Waals surface area contributed by atoms with E-state index in [0.717, 1.165) is 6.26 Å². The molecule has 0 heterocycles. The molecular weight excluding hydrogens is 286 g/mol. The fourth-order valence-corrected chi connectivity index (χ4v) is 2.37. The number of rotatable bonds is 3. The first kappa shape index (κ1) is 14.8. The minimum absolute atomic E-state index is 0.174. The maximum Gasteiger partial charge on any atom is 0.255 e. The van der Waals surface area contributed by atoms with Crippen LogP contribution in [0.25, 0.3) is 0 Å². The summed E-state index contributed by atoms with van der Waals surface area (Å²) in [5, 5.41) is 2.71. The number of terminal acetylenes is 1. The van der Waals surface area contributed by atoms with Crippen molar-refractivity contribution in [1.29, 1.82) is 0 Å². The number of sulfone groups is 1. The van der Waals surface area contributed by atoms with E-state index in [2.05, 4.69) is 11.2 Å². The molecule has 0 saturated carbocycles. The summed E-state index contributed by atoms with van der Waals surface area (Å²) in [6.07, 6.45) is 6.42. The van der Waals surface area contributed by atoms with Crippen molar-refractivity contribution in [3.63, 3.8) is 0 Å². The predicted octanol–water partition coefficient (Wildman–Crippen LogP) is 2.32. The molecule has 0 radical (unpaired) electrons. The summed E-state index contributed by atoms with van der Waals surface area (Å²) in [7, 11) is -3.27. The van der Waals surface area contributed by atoms with Crippen molar-refractivity contribution in [3.05, 3.63) is 59.7 Å². The molecule has 0 bridgehead atoms. The molecule has 0 aliphatic heterocycles. The second-order valence-corrected chi connectivity index (χ2v) is 6.49. The van der Waals surface area contributed by atoms with E-state index in [-0.39, 0.29) is 10.8 Å². The molecule has 1 amide bonds. The number of carbonyl (C=O) groups excluding carboxylic acids is 1. The Hall–Kier alpha value is -2.58. The van der Waals surface area contributed by atoms with Crippen molar-refractivity contribution < 1.29 is 13.2 Å². The van der Waals surface area contributed by atoms with E-state index in [1.165, 1.54) is 24.3 Å². The smallest absolute Gasteiger partial charge is 0.255 e. The molecule has 0 aromatic heterocycles. The van der Waals surface area contributed by atoms with Gasteiger partial charge in [0.15, 0.2) is 9.84 Å². The molecule has 0 fully saturated rings. The van der Waals surface area contributed by atoms with Crippen molar-refractivity contribution in [2.24, 2.45) is 0 Å². The molecule has 2 rings (SSSR count). The van der Waals surface area contributed by atoms with Crippen LogP contribution in [0.15, 0.2) is 53.4 Å². The zero-order valence-corrected chi connectivity index (χ0v) is 12.1. The van der Waals surface area contributed by atoms with Crippen molar-refractivity contribution in [3.8, 4) is 12.3 Å². The summed E-state index contributed by atoms with van der Waals surface area (Å²) >= 11 is 0. The molecule has 0 atom stereocenters. The van der Waals surface area contributed by atoms with E-state index in [4.69, 9.17) is 6.42 Å². The van der Waals surface area contributed by atoms with Crippen LogP contribution in [0.2, 0.25) is 0 Å². The second-order valence-electron chi connectivity index (χ2n) is 4.48. The summed E-state index contributed by atoms with van der Waals surface area (Å²) < 4.78 is 22.7. The predicted molar refractivity (Wildman–Crippen MR) is 81.9 cm³/mol. The van der Waals surface area contributed by atoms with E-state index < -0.39 is 9.84 Å². The normalized spacial score (nSPS) is 10.7. The number of nitrogens with one attached hydrogen (secondary N) is 1. The highest BCUT2D eigenvalue weighted by Gasteiger charge is 2.10. The van der Waals surface area contributed by atoms with E-state index >= 15 is 0 Å². The van der Waals surface area contributed by atoms with Gasteiger partial charge in [-0.25, -0.2) is 8.42 Å². The zero-order chi connectivity index (χ0) is 15.5. The van der Waals surface area contributed by atoms with Gasteiger partial charge in [-0.15, -0.1) is 6.42 Å². The lowest BCUT2D eigenvalue weighted by Crippen LogP contribution is -2.12. The Morgan fingerprint density at radius 3 is 2.38 bits per heavy atom. The average molecular weight is 299 g/mol. The van der Waals surface area contributed by atoms with Gasteiger partial charge in [0.1, 0.15) is 0 Å². The number of hydrogen-bond acceptors (Lipinski definition) is 3. The first-order valence-electron chi connectivity index (χ1n) is 6.08. The fourth-order valence-electron chi connectivity index (χ4n) is 1.74. The number of benzene rings is 2. The van der Waals surface area contributed by atoms with Crippen LogP contribution in [0.4, 0.5) is 5.69 Å². The third kappa shape index (κ3) is 3.71. The largest absolute Gasteiger partial charge is 0.322 e. The third-order valence-electron chi connectivity index (χ3n) is 2.83. The van der Waals surface area contributed by atoms with Crippen molar-refractivity contribution in [2.75, 3.05) is 11.6 Å². The Morgan fingerprint density at radius 2 is 1.81 bits per heavy atom. The lowest BCUT2D eigenvalue weighted by Gasteiger charge is -2.06. The first-order valence-corrected chi connectivity index (χ1v) is 7.97. The molecule has 0 aliphatic rings. The van der Waals surface area contributed by atoms with Crippen LogP contribution in [0.3, 0.4) is 0 Å². The van der Waals surface area contributed by atoms with E-state index in [0.29, 0.717) is 16.8 Å². The van der Waals surface area contributed by atoms with Gasteiger partial charge in [-0.05, 0) is 42.5 Å². The van der Waals surface area contributed by atoms with Crippen LogP contribution in [-0.2, 0) is 9.84 Å². The number of amides is 1. The van der Waals surface area contributed by atoms with Gasteiger partial charge in [-0.2, -0.15) is 0 Å². The minimum atomic E-state index is -3.27. The molecule has 5 heteroatoms. The summed E-state index contributed by atoms with van der Waals surface area (Å²) in [4.78, 5) is 12.2. The summed E-state index contributed by atoms with van der Waals surface area (Å²) in [5.74, 6) is 2.16. The third-order valence-corrected chi connectivity index (χ3v) is 3.96. The maximum atomic E-state index is 12.1. The second kappa shape index (κ2) is 5.81. The van der Waals surface area contributed by atoms with Crippen LogP contribution in [0, 0.1) is 12.3 Å². The van der Waals surface area contributed by atoms with Crippen molar-refractivity contribution in [1.82, 2.24) is 0 Å². The quantitative estimate of drug-likeness (QED) is 0.885. The molecule has 2 aromatic carbocycles. The Kier molecular flexibility index (Phi) is 4.10. The first-order chi connectivity index (χ1) is 9.90. The van der Waals surface area contributed by atoms with Gasteiger partial charge in [0.25, 0.3) is 5.91 Å². The Balaban J connectivity index is 2.19. The summed E-state index contributed by atoms with van der Waals surface area (Å²) in [6, 6.07) is 12.7. The van der Waals surface area contributed by atoms with Gasteiger partial charge in [0, 0.05) is 23.1 Å². The van der Waals surface area contributed by atoms with Crippen LogP contribution in [0.1, 0.15) is 15.9 Å². The van der Waals surface area contributed by atoms with Gasteiger partial charge < -0.3 is 5.32 Å². The average Bonchev–Trinajstić information content (AvgIpc) is 2.46. The van der Waals surface area contributed by atoms with E-state index in [9.17, 15) is 13.2 Å². The van der Waals surface area contributed by atoms with Gasteiger partial charge in [-0.3, -0.25) is 4.79 Å². The Bertz CT molecular complexity index is 815. The zero-order valence-electron chi connectivity index (χ0n) is 11.3. The minimum Gasteiger partial charge on any atom is -0.322 e. The van der Waals surface area contributed by atoms with E-state index in [1.807, 2.05) is 0 Å². The summed E-state index contributed by atoms with van der Waals surface area (Å²) in [5.41, 5.74) is 1.62. The Morgan fingerprint density at radius 1 is 1.14 bits per heavy atom. The van der Waals surface area contributed by atoms with Gasteiger partial charge in [0.2, 0.25) is 0 Å². The molecule has 4 nitrogen and oxygen atoms in total. The molecule has 1 N–H and O–H groups in total. The lowest BCUT2D eigenvalue weighted by molar-refractivity contribution is 0.102. The monoisotopic (exact) mass is 299 g/mol.